The van der Waals surface area contributed by atoms with E-state index in [4.69, 9.17) is 0 Å². The van der Waals surface area contributed by atoms with E-state index < -0.39 is 10.0 Å². The number of nitrogens with one attached hydrogen (secondary N) is 1. The van der Waals surface area contributed by atoms with Gasteiger partial charge in [0.2, 0.25) is 15.9 Å². The van der Waals surface area contributed by atoms with Gasteiger partial charge in [-0.1, -0.05) is 60.7 Å². The molecule has 4 aromatic carbocycles. The third kappa shape index (κ3) is 4.76. The number of carbonyl (C=O) groups excluding carboxylic acids is 2. The number of nitrogens with zero attached hydrogens (tertiary/aromatic N) is 2. The van der Waals surface area contributed by atoms with Crippen LogP contribution in [0.1, 0.15) is 10.4 Å². The quantitative estimate of drug-likeness (QED) is 0.468. The van der Waals surface area contributed by atoms with Gasteiger partial charge in [0.1, 0.15) is 0 Å². The molecule has 0 unspecified atom stereocenters. The third-order valence-electron chi connectivity index (χ3n) is 6.36. The predicted octanol–water partition coefficient (Wildman–Crippen LogP) is 3.26. The zero-order chi connectivity index (χ0) is 24.4. The van der Waals surface area contributed by atoms with Crippen LogP contribution in [0.4, 0.5) is 0 Å². The molecule has 0 saturated carbocycles. The van der Waals surface area contributed by atoms with Gasteiger partial charge >= 0.3 is 0 Å². The van der Waals surface area contributed by atoms with Gasteiger partial charge in [0.05, 0.1) is 11.4 Å². The van der Waals surface area contributed by atoms with E-state index in [1.807, 2.05) is 54.6 Å². The molecule has 35 heavy (non-hydrogen) atoms. The second kappa shape index (κ2) is 9.48. The summed E-state index contributed by atoms with van der Waals surface area (Å²) in [6.45, 7) is 0.830. The minimum atomic E-state index is -3.66. The largest absolute Gasteiger partial charge is 0.343 e. The third-order valence-corrected chi connectivity index (χ3v) is 8.26. The Balaban J connectivity index is 1.17. The van der Waals surface area contributed by atoms with Crippen molar-refractivity contribution in [3.63, 3.8) is 0 Å². The van der Waals surface area contributed by atoms with Crippen molar-refractivity contribution in [3.05, 3.63) is 90.5 Å². The van der Waals surface area contributed by atoms with Crippen molar-refractivity contribution in [1.29, 1.82) is 0 Å². The molecule has 8 heteroatoms. The fraction of sp³-hybridized carbons (Fsp3) is 0.185. The monoisotopic (exact) mass is 487 g/mol. The zero-order valence-electron chi connectivity index (χ0n) is 19.1. The number of benzene rings is 4. The van der Waals surface area contributed by atoms with Crippen LogP contribution >= 0.6 is 0 Å². The number of rotatable bonds is 5. The van der Waals surface area contributed by atoms with Crippen LogP contribution in [0.15, 0.2) is 89.8 Å². The summed E-state index contributed by atoms with van der Waals surface area (Å²) in [7, 11) is -3.66. The Kier molecular flexibility index (Phi) is 6.23. The lowest BCUT2D eigenvalue weighted by Gasteiger charge is -2.34. The Morgan fingerprint density at radius 2 is 1.29 bits per heavy atom. The maximum atomic E-state index is 13.1. The highest BCUT2D eigenvalue weighted by Crippen LogP contribution is 2.23. The van der Waals surface area contributed by atoms with E-state index in [0.717, 1.165) is 21.5 Å². The summed E-state index contributed by atoms with van der Waals surface area (Å²) in [5.74, 6) is -0.552. The van der Waals surface area contributed by atoms with Gasteiger partial charge in [-0.25, -0.2) is 8.42 Å². The van der Waals surface area contributed by atoms with Crippen molar-refractivity contribution in [2.75, 3.05) is 32.7 Å². The molecule has 0 atom stereocenters. The molecule has 1 N–H and O–H groups in total. The Morgan fingerprint density at radius 3 is 1.94 bits per heavy atom. The summed E-state index contributed by atoms with van der Waals surface area (Å²) in [5, 5.41) is 6.52. The first kappa shape index (κ1) is 23.0. The second-order valence-corrected chi connectivity index (χ2v) is 10.5. The number of carbonyl (C=O) groups is 2. The molecule has 0 aliphatic carbocycles. The zero-order valence-corrected chi connectivity index (χ0v) is 19.9. The molecule has 1 saturated heterocycles. The van der Waals surface area contributed by atoms with E-state index in [-0.39, 0.29) is 49.4 Å². The molecule has 0 aromatic heterocycles. The van der Waals surface area contributed by atoms with E-state index in [1.54, 1.807) is 35.2 Å². The van der Waals surface area contributed by atoms with Crippen LogP contribution in [-0.2, 0) is 14.8 Å². The maximum Gasteiger partial charge on any atom is 0.251 e. The highest BCUT2D eigenvalue weighted by Gasteiger charge is 2.30. The van der Waals surface area contributed by atoms with Crippen LogP contribution in [0.3, 0.4) is 0 Å². The topological polar surface area (TPSA) is 86.8 Å². The number of fused-ring (bicyclic) bond motifs is 2. The Bertz CT molecular complexity index is 1530. The fourth-order valence-corrected chi connectivity index (χ4v) is 5.81. The first-order chi connectivity index (χ1) is 16.9. The second-order valence-electron chi connectivity index (χ2n) is 8.54. The van der Waals surface area contributed by atoms with E-state index in [1.165, 1.54) is 4.31 Å². The first-order valence-electron chi connectivity index (χ1n) is 11.5. The van der Waals surface area contributed by atoms with Crippen molar-refractivity contribution in [3.8, 4) is 0 Å². The van der Waals surface area contributed by atoms with Crippen LogP contribution in [0, 0.1) is 0 Å². The molecule has 1 heterocycles. The Labute approximate surface area is 204 Å². The molecule has 0 bridgehead atoms. The van der Waals surface area contributed by atoms with Crippen molar-refractivity contribution < 1.29 is 18.0 Å². The fourth-order valence-electron chi connectivity index (χ4n) is 4.36. The molecule has 1 aliphatic heterocycles. The lowest BCUT2D eigenvalue weighted by Crippen LogP contribution is -2.52. The number of hydrogen-bond acceptors (Lipinski definition) is 4. The van der Waals surface area contributed by atoms with Gasteiger partial charge in [0, 0.05) is 31.7 Å². The average molecular weight is 488 g/mol. The van der Waals surface area contributed by atoms with Crippen molar-refractivity contribution >= 4 is 43.4 Å². The molecule has 0 radical (unpaired) electrons. The number of piperazine rings is 1. The molecule has 7 nitrogen and oxygen atoms in total. The van der Waals surface area contributed by atoms with Crippen LogP contribution in [0.25, 0.3) is 21.5 Å². The maximum absolute atomic E-state index is 13.1. The van der Waals surface area contributed by atoms with Gasteiger partial charge in [0.25, 0.3) is 5.91 Å². The number of sulfonamides is 1. The summed E-state index contributed by atoms with van der Waals surface area (Å²) in [6.07, 6.45) is 0. The normalized spacial score (nSPS) is 14.8. The van der Waals surface area contributed by atoms with Gasteiger partial charge < -0.3 is 10.2 Å². The van der Waals surface area contributed by atoms with Gasteiger partial charge in [-0.3, -0.25) is 9.59 Å². The van der Waals surface area contributed by atoms with Gasteiger partial charge in [0.15, 0.2) is 0 Å². The van der Waals surface area contributed by atoms with E-state index in [9.17, 15) is 18.0 Å². The Hall–Kier alpha value is -3.75. The minimum Gasteiger partial charge on any atom is -0.343 e. The summed E-state index contributed by atoms with van der Waals surface area (Å²) in [6, 6.07) is 25.9. The van der Waals surface area contributed by atoms with Crippen molar-refractivity contribution in [2.45, 2.75) is 4.90 Å². The van der Waals surface area contributed by atoms with Gasteiger partial charge in [-0.15, -0.1) is 0 Å². The molecule has 4 aromatic rings. The van der Waals surface area contributed by atoms with E-state index in [0.29, 0.717) is 5.56 Å². The van der Waals surface area contributed by atoms with Crippen LogP contribution in [0.5, 0.6) is 0 Å². The lowest BCUT2D eigenvalue weighted by molar-refractivity contribution is -0.131. The SMILES string of the molecule is O=C(NCC(=O)N1CCN(S(=O)(=O)c2ccc3ccccc3c2)CC1)c1ccc2ccccc2c1. The molecule has 1 fully saturated rings. The summed E-state index contributed by atoms with van der Waals surface area (Å²) >= 11 is 0. The van der Waals surface area contributed by atoms with Crippen molar-refractivity contribution in [1.82, 2.24) is 14.5 Å². The van der Waals surface area contributed by atoms with Crippen LogP contribution in [0.2, 0.25) is 0 Å². The molecule has 2 amide bonds. The van der Waals surface area contributed by atoms with Gasteiger partial charge in [-0.2, -0.15) is 4.31 Å². The molecule has 178 valence electrons. The van der Waals surface area contributed by atoms with Crippen molar-refractivity contribution in [2.24, 2.45) is 0 Å². The number of hydrogen-bond donors (Lipinski definition) is 1. The van der Waals surface area contributed by atoms with Crippen LogP contribution in [-0.4, -0.2) is 62.2 Å². The van der Waals surface area contributed by atoms with E-state index in [2.05, 4.69) is 5.32 Å². The molecule has 5 rings (SSSR count). The molecular formula is C27H25N3O4S. The van der Waals surface area contributed by atoms with Gasteiger partial charge in [-0.05, 0) is 45.8 Å². The number of amides is 2. The minimum absolute atomic E-state index is 0.136. The van der Waals surface area contributed by atoms with E-state index >= 15 is 0 Å². The summed E-state index contributed by atoms with van der Waals surface area (Å²) in [5.41, 5.74) is 0.489. The Morgan fingerprint density at radius 1 is 0.714 bits per heavy atom. The lowest BCUT2D eigenvalue weighted by atomic mass is 10.1. The standard InChI is InChI=1S/C27H25N3O4S/c31-26(19-28-27(32)24-10-9-20-5-1-3-7-22(20)17-24)29-13-15-30(16-14-29)35(33,34)25-12-11-21-6-2-4-8-23(21)18-25/h1-12,17-18H,13-16,19H2,(H,28,32). The smallest absolute Gasteiger partial charge is 0.251 e. The predicted molar refractivity (Wildman–Crippen MR) is 136 cm³/mol. The first-order valence-corrected chi connectivity index (χ1v) is 12.9. The summed E-state index contributed by atoms with van der Waals surface area (Å²) in [4.78, 5) is 27.0. The average Bonchev–Trinajstić information content (AvgIpc) is 2.91. The molecular weight excluding hydrogens is 462 g/mol. The molecule has 0 spiro atoms. The van der Waals surface area contributed by atoms with Crippen LogP contribution < -0.4 is 5.32 Å². The summed E-state index contributed by atoms with van der Waals surface area (Å²) < 4.78 is 27.7. The highest BCUT2D eigenvalue weighted by molar-refractivity contribution is 7.89. The highest BCUT2D eigenvalue weighted by atomic mass is 32.2. The molecule has 1 aliphatic rings.